The van der Waals surface area contributed by atoms with Crippen LogP contribution < -0.4 is 5.32 Å². The predicted octanol–water partition coefficient (Wildman–Crippen LogP) is 6.40. The van der Waals surface area contributed by atoms with E-state index in [0.29, 0.717) is 10.6 Å². The fourth-order valence-electron chi connectivity index (χ4n) is 4.00. The highest BCUT2D eigenvalue weighted by molar-refractivity contribution is 6.30. The van der Waals surface area contributed by atoms with Crippen LogP contribution in [0.1, 0.15) is 55.3 Å². The molecule has 1 fully saturated rings. The van der Waals surface area contributed by atoms with Crippen LogP contribution in [0, 0.1) is 0 Å². The molecule has 1 aliphatic rings. The minimum Gasteiger partial charge on any atom is -0.349 e. The normalized spacial score (nSPS) is 15.8. The van der Waals surface area contributed by atoms with Gasteiger partial charge < -0.3 is 5.32 Å². The van der Waals surface area contributed by atoms with Gasteiger partial charge in [0.05, 0.1) is 16.8 Å². The summed E-state index contributed by atoms with van der Waals surface area (Å²) in [6.07, 6.45) is 8.38. The molecule has 2 aromatic carbocycles. The van der Waals surface area contributed by atoms with Crippen LogP contribution in [0.3, 0.4) is 0 Å². The van der Waals surface area contributed by atoms with E-state index in [9.17, 15) is 4.79 Å². The average Bonchev–Trinajstić information content (AvgIpc) is 2.69. The number of hydrogen-bond acceptors (Lipinski definition) is 2. The molecule has 0 spiro atoms. The molecule has 1 saturated carbocycles. The van der Waals surface area contributed by atoms with E-state index in [-0.39, 0.29) is 11.9 Å². The Hall–Kier alpha value is -2.39. The minimum atomic E-state index is -0.000568. The summed E-state index contributed by atoms with van der Waals surface area (Å²) in [7, 11) is 0. The SMILES string of the molecule is O=C(NC1CCCCCCC1)c1cc(-c2ccc(Cl)cc2)nc2ccccc12. The van der Waals surface area contributed by atoms with Gasteiger partial charge in [-0.2, -0.15) is 0 Å². The molecular formula is C24H25ClN2O. The molecule has 3 nitrogen and oxygen atoms in total. The zero-order chi connectivity index (χ0) is 19.3. The van der Waals surface area contributed by atoms with E-state index in [0.717, 1.165) is 35.0 Å². The lowest BCUT2D eigenvalue weighted by Crippen LogP contribution is -2.35. The van der Waals surface area contributed by atoms with Crippen LogP contribution in [0.25, 0.3) is 22.2 Å². The molecule has 0 atom stereocenters. The van der Waals surface area contributed by atoms with Crippen LogP contribution in [0.5, 0.6) is 0 Å². The summed E-state index contributed by atoms with van der Waals surface area (Å²) >= 11 is 6.02. The number of hydrogen-bond donors (Lipinski definition) is 1. The first-order valence-corrected chi connectivity index (χ1v) is 10.5. The van der Waals surface area contributed by atoms with Crippen molar-refractivity contribution in [3.63, 3.8) is 0 Å². The van der Waals surface area contributed by atoms with Gasteiger partial charge in [0.1, 0.15) is 0 Å². The molecule has 1 aromatic heterocycles. The monoisotopic (exact) mass is 392 g/mol. The van der Waals surface area contributed by atoms with Gasteiger partial charge in [-0.05, 0) is 37.1 Å². The summed E-state index contributed by atoms with van der Waals surface area (Å²) < 4.78 is 0. The Morgan fingerprint density at radius 2 is 1.61 bits per heavy atom. The quantitative estimate of drug-likeness (QED) is 0.560. The van der Waals surface area contributed by atoms with Crippen molar-refractivity contribution in [2.75, 3.05) is 0 Å². The molecule has 3 aromatic rings. The number of halogens is 1. The Balaban J connectivity index is 1.68. The summed E-state index contributed by atoms with van der Waals surface area (Å²) in [6.45, 7) is 0. The third-order valence-electron chi connectivity index (χ3n) is 5.54. The predicted molar refractivity (Wildman–Crippen MR) is 116 cm³/mol. The molecule has 4 heteroatoms. The second-order valence-electron chi connectivity index (χ2n) is 7.59. The average molecular weight is 393 g/mol. The van der Waals surface area contributed by atoms with Gasteiger partial charge in [-0.15, -0.1) is 0 Å². The maximum Gasteiger partial charge on any atom is 0.252 e. The Labute approximate surface area is 171 Å². The van der Waals surface area contributed by atoms with Gasteiger partial charge in [-0.3, -0.25) is 4.79 Å². The lowest BCUT2D eigenvalue weighted by Gasteiger charge is -2.21. The van der Waals surface area contributed by atoms with Crippen molar-refractivity contribution in [2.24, 2.45) is 0 Å². The fourth-order valence-corrected chi connectivity index (χ4v) is 4.12. The van der Waals surface area contributed by atoms with Crippen molar-refractivity contribution in [3.8, 4) is 11.3 Å². The number of carbonyl (C=O) groups excluding carboxylic acids is 1. The number of rotatable bonds is 3. The van der Waals surface area contributed by atoms with Gasteiger partial charge in [0, 0.05) is 22.0 Å². The third-order valence-corrected chi connectivity index (χ3v) is 5.79. The number of pyridine rings is 1. The molecule has 0 saturated heterocycles. The fraction of sp³-hybridized carbons (Fsp3) is 0.333. The lowest BCUT2D eigenvalue weighted by molar-refractivity contribution is 0.0932. The maximum atomic E-state index is 13.2. The smallest absolute Gasteiger partial charge is 0.252 e. The van der Waals surface area contributed by atoms with Crippen molar-refractivity contribution in [1.82, 2.24) is 10.3 Å². The van der Waals surface area contributed by atoms with Gasteiger partial charge >= 0.3 is 0 Å². The molecule has 1 N–H and O–H groups in total. The molecule has 0 unspecified atom stereocenters. The van der Waals surface area contributed by atoms with E-state index in [1.165, 1.54) is 32.1 Å². The Morgan fingerprint density at radius 1 is 0.929 bits per heavy atom. The highest BCUT2D eigenvalue weighted by atomic mass is 35.5. The van der Waals surface area contributed by atoms with Gasteiger partial charge in [0.15, 0.2) is 0 Å². The summed E-state index contributed by atoms with van der Waals surface area (Å²) in [5.41, 5.74) is 3.27. The van der Waals surface area contributed by atoms with E-state index in [1.54, 1.807) is 0 Å². The van der Waals surface area contributed by atoms with Crippen LogP contribution in [0.15, 0.2) is 54.6 Å². The summed E-state index contributed by atoms with van der Waals surface area (Å²) in [6, 6.07) is 17.6. The topological polar surface area (TPSA) is 42.0 Å². The number of aromatic nitrogens is 1. The van der Waals surface area contributed by atoms with Crippen LogP contribution in [-0.4, -0.2) is 16.9 Å². The zero-order valence-corrected chi connectivity index (χ0v) is 16.7. The first-order chi connectivity index (χ1) is 13.7. The van der Waals surface area contributed by atoms with Crippen molar-refractivity contribution in [2.45, 2.75) is 51.0 Å². The van der Waals surface area contributed by atoms with Crippen molar-refractivity contribution in [1.29, 1.82) is 0 Å². The molecular weight excluding hydrogens is 368 g/mol. The van der Waals surface area contributed by atoms with Crippen molar-refractivity contribution >= 4 is 28.4 Å². The second-order valence-corrected chi connectivity index (χ2v) is 8.03. The number of amides is 1. The van der Waals surface area contributed by atoms with Gasteiger partial charge in [-0.1, -0.05) is 74.0 Å². The largest absolute Gasteiger partial charge is 0.349 e. The first kappa shape index (κ1) is 18.9. The number of benzene rings is 2. The standard InChI is InChI=1S/C24H25ClN2O/c25-18-14-12-17(13-15-18)23-16-21(20-10-6-7-11-22(20)27-23)24(28)26-19-8-4-2-1-3-5-9-19/h6-7,10-16,19H,1-5,8-9H2,(H,26,28). The van der Waals surface area contributed by atoms with E-state index >= 15 is 0 Å². The van der Waals surface area contributed by atoms with Gasteiger partial charge in [-0.25, -0.2) is 4.98 Å². The number of para-hydroxylation sites is 1. The second kappa shape index (κ2) is 8.74. The van der Waals surface area contributed by atoms with Crippen LogP contribution in [0.4, 0.5) is 0 Å². The van der Waals surface area contributed by atoms with Crippen molar-refractivity contribution < 1.29 is 4.79 Å². The summed E-state index contributed by atoms with van der Waals surface area (Å²) in [5.74, 6) is -0.000568. The molecule has 1 aliphatic carbocycles. The zero-order valence-electron chi connectivity index (χ0n) is 16.0. The Kier molecular flexibility index (Phi) is 5.92. The minimum absolute atomic E-state index is 0.000568. The Morgan fingerprint density at radius 3 is 2.36 bits per heavy atom. The summed E-state index contributed by atoms with van der Waals surface area (Å²) in [4.78, 5) is 18.0. The third kappa shape index (κ3) is 4.36. The number of fused-ring (bicyclic) bond motifs is 1. The number of nitrogens with one attached hydrogen (secondary N) is 1. The number of carbonyl (C=O) groups is 1. The molecule has 1 heterocycles. The van der Waals surface area contributed by atoms with Crippen LogP contribution in [-0.2, 0) is 0 Å². The maximum absolute atomic E-state index is 13.2. The Bertz CT molecular complexity index is 960. The highest BCUT2D eigenvalue weighted by Crippen LogP contribution is 2.26. The molecule has 28 heavy (non-hydrogen) atoms. The molecule has 4 rings (SSSR count). The van der Waals surface area contributed by atoms with E-state index in [1.807, 2.05) is 54.6 Å². The lowest BCUT2D eigenvalue weighted by atomic mass is 9.96. The highest BCUT2D eigenvalue weighted by Gasteiger charge is 2.18. The van der Waals surface area contributed by atoms with E-state index in [2.05, 4.69) is 5.32 Å². The molecule has 144 valence electrons. The number of nitrogens with zero attached hydrogens (tertiary/aromatic N) is 1. The van der Waals surface area contributed by atoms with E-state index < -0.39 is 0 Å². The molecule has 1 amide bonds. The van der Waals surface area contributed by atoms with Crippen molar-refractivity contribution in [3.05, 3.63) is 65.2 Å². The molecule has 0 aliphatic heterocycles. The summed E-state index contributed by atoms with van der Waals surface area (Å²) in [5, 5.41) is 4.87. The van der Waals surface area contributed by atoms with Gasteiger partial charge in [0.2, 0.25) is 0 Å². The first-order valence-electron chi connectivity index (χ1n) is 10.2. The van der Waals surface area contributed by atoms with Gasteiger partial charge in [0.25, 0.3) is 5.91 Å². The molecule has 0 radical (unpaired) electrons. The van der Waals surface area contributed by atoms with E-state index in [4.69, 9.17) is 16.6 Å². The van der Waals surface area contributed by atoms with Crippen LogP contribution in [0.2, 0.25) is 5.02 Å². The van der Waals surface area contributed by atoms with Crippen LogP contribution >= 0.6 is 11.6 Å². The molecule has 0 bridgehead atoms.